The first-order chi connectivity index (χ1) is 20.7. The van der Waals surface area contributed by atoms with Gasteiger partial charge in [-0.05, 0) is 119 Å². The first kappa shape index (κ1) is 31.5. The highest BCUT2D eigenvalue weighted by atomic mass is 16.7. The Morgan fingerprint density at radius 1 is 1.02 bits per heavy atom. The number of hydrogen-bond acceptors (Lipinski definition) is 6. The van der Waals surface area contributed by atoms with Crippen LogP contribution < -0.4 is 10.1 Å². The van der Waals surface area contributed by atoms with Gasteiger partial charge in [-0.15, -0.1) is 0 Å². The largest absolute Gasteiger partial charge is 0.494 e. The van der Waals surface area contributed by atoms with Crippen molar-refractivity contribution < 1.29 is 19.0 Å². The van der Waals surface area contributed by atoms with E-state index in [4.69, 9.17) is 14.2 Å². The third kappa shape index (κ3) is 5.95. The number of nitrogens with one attached hydrogen (secondary N) is 1. The summed E-state index contributed by atoms with van der Waals surface area (Å²) in [7, 11) is 4.28. The van der Waals surface area contributed by atoms with E-state index in [9.17, 15) is 4.79 Å². The van der Waals surface area contributed by atoms with Gasteiger partial charge in [0.1, 0.15) is 11.5 Å². The quantitative estimate of drug-likeness (QED) is 0.293. The molecule has 1 spiro atoms. The minimum Gasteiger partial charge on any atom is -0.494 e. The lowest BCUT2D eigenvalue weighted by Gasteiger charge is -2.61. The van der Waals surface area contributed by atoms with Crippen molar-refractivity contribution >= 4 is 5.78 Å². The fourth-order valence-electron chi connectivity index (χ4n) is 10.6. The number of hydrogen-bond donors (Lipinski definition) is 1. The average Bonchev–Trinajstić information content (AvgIpc) is 3.60. The second kappa shape index (κ2) is 12.7. The Morgan fingerprint density at radius 3 is 2.56 bits per heavy atom. The number of ketones is 1. The number of carbonyl (C=O) groups is 1. The summed E-state index contributed by atoms with van der Waals surface area (Å²) in [5, 5.41) is 3.88. The zero-order valence-corrected chi connectivity index (χ0v) is 27.7. The van der Waals surface area contributed by atoms with Crippen LogP contribution in [0.4, 0.5) is 0 Å². The molecule has 1 heterocycles. The normalized spacial score (nSPS) is 35.7. The minimum atomic E-state index is -0.302. The van der Waals surface area contributed by atoms with Gasteiger partial charge in [0.15, 0.2) is 5.79 Å². The molecule has 0 aromatic heterocycles. The predicted molar refractivity (Wildman–Crippen MR) is 171 cm³/mol. The van der Waals surface area contributed by atoms with Crippen LogP contribution in [0.1, 0.15) is 109 Å². The third-order valence-electron chi connectivity index (χ3n) is 13.0. The molecule has 0 radical (unpaired) electrons. The van der Waals surface area contributed by atoms with Gasteiger partial charge in [-0.1, -0.05) is 32.9 Å². The summed E-state index contributed by atoms with van der Waals surface area (Å²) in [6, 6.07) is 9.43. The van der Waals surface area contributed by atoms with Crippen LogP contribution in [0.25, 0.3) is 0 Å². The number of rotatable bonds is 11. The lowest BCUT2D eigenvalue weighted by Crippen LogP contribution is -2.56. The molecular weight excluding hydrogens is 536 g/mol. The lowest BCUT2D eigenvalue weighted by molar-refractivity contribution is -0.229. The van der Waals surface area contributed by atoms with Crippen LogP contribution in [-0.4, -0.2) is 63.0 Å². The Bertz CT molecular complexity index is 1110. The monoisotopic (exact) mass is 594 g/mol. The van der Waals surface area contributed by atoms with E-state index in [1.165, 1.54) is 31.2 Å². The summed E-state index contributed by atoms with van der Waals surface area (Å²) in [6.45, 7) is 10.2. The van der Waals surface area contributed by atoms with Crippen LogP contribution in [-0.2, 0) is 14.3 Å². The molecule has 6 nitrogen and oxygen atoms in total. The fraction of sp³-hybridized carbons (Fsp3) is 0.811. The first-order valence-corrected chi connectivity index (χ1v) is 17.7. The van der Waals surface area contributed by atoms with Crippen LogP contribution in [0.15, 0.2) is 24.3 Å². The molecule has 4 saturated carbocycles. The molecular formula is C37H58N2O4. The maximum Gasteiger partial charge on any atom is 0.168 e. The summed E-state index contributed by atoms with van der Waals surface area (Å²) in [5.41, 5.74) is 1.45. The number of nitrogens with zero attached hydrogens (tertiary/aromatic N) is 1. The predicted octanol–water partition coefficient (Wildman–Crippen LogP) is 7.17. The van der Waals surface area contributed by atoms with Gasteiger partial charge >= 0.3 is 0 Å². The highest BCUT2D eigenvalue weighted by Gasteiger charge is 2.63. The Morgan fingerprint density at radius 2 is 1.81 bits per heavy atom. The van der Waals surface area contributed by atoms with E-state index in [1.54, 1.807) is 0 Å². The van der Waals surface area contributed by atoms with Gasteiger partial charge in [0.05, 0.1) is 19.8 Å². The molecule has 240 valence electrons. The van der Waals surface area contributed by atoms with E-state index >= 15 is 0 Å². The van der Waals surface area contributed by atoms with Crippen LogP contribution in [0.5, 0.6) is 5.75 Å². The van der Waals surface area contributed by atoms with E-state index in [1.807, 2.05) is 0 Å². The van der Waals surface area contributed by atoms with Gasteiger partial charge in [0.2, 0.25) is 0 Å². The molecule has 5 unspecified atom stereocenters. The van der Waals surface area contributed by atoms with Gasteiger partial charge in [-0.3, -0.25) is 4.79 Å². The summed E-state index contributed by atoms with van der Waals surface area (Å²) >= 11 is 0. The molecule has 6 heteroatoms. The van der Waals surface area contributed by atoms with E-state index < -0.39 is 0 Å². The van der Waals surface area contributed by atoms with E-state index in [0.29, 0.717) is 41.6 Å². The Hall–Kier alpha value is -1.47. The number of fused-ring (bicyclic) bond motifs is 5. The average molecular weight is 595 g/mol. The molecule has 7 atom stereocenters. The molecule has 1 aromatic rings. The fourth-order valence-corrected chi connectivity index (χ4v) is 10.6. The Balaban J connectivity index is 1.12. The molecule has 6 rings (SSSR count). The maximum absolute atomic E-state index is 13.7. The molecule has 5 fully saturated rings. The summed E-state index contributed by atoms with van der Waals surface area (Å²) in [6.07, 6.45) is 13.0. The molecule has 1 aromatic carbocycles. The van der Waals surface area contributed by atoms with E-state index in [2.05, 4.69) is 69.3 Å². The number of Topliss-reactive ketones (excluding diaryl/α,β-unsaturated/α-hetero) is 1. The second-order valence-electron chi connectivity index (χ2n) is 15.3. The number of benzene rings is 1. The molecule has 1 aliphatic heterocycles. The van der Waals surface area contributed by atoms with Crippen molar-refractivity contribution in [2.24, 2.45) is 34.5 Å². The number of ether oxygens (including phenoxy) is 3. The van der Waals surface area contributed by atoms with Crippen molar-refractivity contribution in [1.82, 2.24) is 10.2 Å². The van der Waals surface area contributed by atoms with Gasteiger partial charge < -0.3 is 24.4 Å². The second-order valence-corrected chi connectivity index (χ2v) is 15.3. The van der Waals surface area contributed by atoms with E-state index in [-0.39, 0.29) is 17.2 Å². The van der Waals surface area contributed by atoms with Crippen molar-refractivity contribution in [3.05, 3.63) is 29.8 Å². The smallest absolute Gasteiger partial charge is 0.168 e. The van der Waals surface area contributed by atoms with Gasteiger partial charge in [0, 0.05) is 43.3 Å². The number of carbonyl (C=O) groups excluding carboxylic acids is 1. The van der Waals surface area contributed by atoms with E-state index in [0.717, 1.165) is 82.8 Å². The minimum absolute atomic E-state index is 0.181. The van der Waals surface area contributed by atoms with Crippen molar-refractivity contribution in [3.63, 3.8) is 0 Å². The zero-order valence-electron chi connectivity index (χ0n) is 27.7. The highest BCUT2D eigenvalue weighted by Crippen LogP contribution is 2.67. The van der Waals surface area contributed by atoms with Crippen LogP contribution in [0.2, 0.25) is 0 Å². The topological polar surface area (TPSA) is 60.0 Å². The number of likely N-dealkylation sites (N-methyl/N-ethyl adjacent to an activating group) is 1. The highest BCUT2D eigenvalue weighted by molar-refractivity contribution is 5.87. The molecule has 0 bridgehead atoms. The maximum atomic E-state index is 13.7. The van der Waals surface area contributed by atoms with Gasteiger partial charge in [-0.2, -0.15) is 0 Å². The molecule has 43 heavy (non-hydrogen) atoms. The van der Waals surface area contributed by atoms with Crippen molar-refractivity contribution in [3.8, 4) is 5.75 Å². The Kier molecular flexibility index (Phi) is 9.33. The molecule has 4 aliphatic carbocycles. The first-order valence-electron chi connectivity index (χ1n) is 17.7. The van der Waals surface area contributed by atoms with Crippen molar-refractivity contribution in [2.75, 3.05) is 40.5 Å². The SMILES string of the molecule is CCC(CC)NC(CN(C)C)c1cccc(OCC[C@]23CCC4C(CCC5CC6(CC[C@@]54C)OCCO6)C2CCC3=O)c1. The molecule has 1 N–H and O–H groups in total. The summed E-state index contributed by atoms with van der Waals surface area (Å²) < 4.78 is 18.8. The zero-order chi connectivity index (χ0) is 30.2. The molecule has 1 saturated heterocycles. The van der Waals surface area contributed by atoms with Crippen molar-refractivity contribution in [2.45, 2.75) is 116 Å². The molecule has 0 amide bonds. The van der Waals surface area contributed by atoms with Gasteiger partial charge in [-0.25, -0.2) is 0 Å². The summed E-state index contributed by atoms with van der Waals surface area (Å²) in [5.74, 6) is 3.75. The standard InChI is InChI=1S/C37H58N2O4/c1-6-28(7-2)38-33(25-39(4)5)26-9-8-10-29(23-26)41-20-19-36-16-15-31-30(32(36)13-14-34(36)40)12-11-27-24-37(42-21-22-43-37)18-17-35(27,31)3/h8-10,23,27-28,30-33,38H,6-7,11-22,24-25H2,1-5H3/t27?,30?,31?,32?,33?,35-,36+/m0/s1. The van der Waals surface area contributed by atoms with Crippen molar-refractivity contribution in [1.29, 1.82) is 0 Å². The van der Waals surface area contributed by atoms with Crippen LogP contribution >= 0.6 is 0 Å². The molecule has 5 aliphatic rings. The third-order valence-corrected chi connectivity index (χ3v) is 13.0. The van der Waals surface area contributed by atoms with Gasteiger partial charge in [0.25, 0.3) is 0 Å². The van der Waals surface area contributed by atoms with Crippen LogP contribution in [0.3, 0.4) is 0 Å². The lowest BCUT2D eigenvalue weighted by atomic mass is 9.44. The Labute approximate surface area is 261 Å². The van der Waals surface area contributed by atoms with Crippen LogP contribution in [0, 0.1) is 34.5 Å². The summed E-state index contributed by atoms with van der Waals surface area (Å²) in [4.78, 5) is 15.9.